The fourth-order valence-electron chi connectivity index (χ4n) is 2.03. The molecule has 90 valence electrons. The van der Waals surface area contributed by atoms with Crippen molar-refractivity contribution < 1.29 is 9.90 Å². The first-order chi connectivity index (χ1) is 8.04. The number of rotatable bonds is 2. The predicted molar refractivity (Wildman–Crippen MR) is 68.4 cm³/mol. The van der Waals surface area contributed by atoms with Gasteiger partial charge in [-0.25, -0.2) is 0 Å². The number of carbonyl (C=O) groups excluding carboxylic acids is 1. The van der Waals surface area contributed by atoms with Crippen molar-refractivity contribution in [2.75, 3.05) is 0 Å². The van der Waals surface area contributed by atoms with Gasteiger partial charge in [0.05, 0.1) is 5.52 Å². The van der Waals surface area contributed by atoms with Gasteiger partial charge in [0, 0.05) is 23.6 Å². The number of aromatic hydroxyl groups is 1. The monoisotopic (exact) mass is 231 g/mol. The minimum absolute atomic E-state index is 0.0558. The lowest BCUT2D eigenvalue weighted by Crippen LogP contribution is -2.15. The zero-order chi connectivity index (χ0) is 12.6. The van der Waals surface area contributed by atoms with Crippen LogP contribution < -0.4 is 0 Å². The summed E-state index contributed by atoms with van der Waals surface area (Å²) in [5.41, 5.74) is 1.93. The van der Waals surface area contributed by atoms with E-state index < -0.39 is 0 Å². The van der Waals surface area contributed by atoms with Crippen LogP contribution in [0.25, 0.3) is 10.9 Å². The molecule has 2 rings (SSSR count). The summed E-state index contributed by atoms with van der Waals surface area (Å²) in [6.07, 6.45) is 2.76. The van der Waals surface area contributed by atoms with Crippen molar-refractivity contribution in [1.82, 2.24) is 4.57 Å². The van der Waals surface area contributed by atoms with Crippen LogP contribution in [0.15, 0.2) is 24.4 Å². The Balaban J connectivity index is 2.71. The van der Waals surface area contributed by atoms with Gasteiger partial charge in [-0.05, 0) is 24.1 Å². The van der Waals surface area contributed by atoms with Crippen LogP contribution in [0.4, 0.5) is 0 Å². The van der Waals surface area contributed by atoms with E-state index in [1.165, 1.54) is 0 Å². The highest BCUT2D eigenvalue weighted by atomic mass is 16.3. The summed E-state index contributed by atoms with van der Waals surface area (Å²) in [7, 11) is 0. The normalized spacial score (nSPS) is 11.3. The first-order valence-corrected chi connectivity index (χ1v) is 5.91. The Hall–Kier alpha value is -1.77. The largest absolute Gasteiger partial charge is 0.508 e. The first kappa shape index (κ1) is 11.7. The van der Waals surface area contributed by atoms with Crippen LogP contribution in [-0.4, -0.2) is 15.6 Å². The minimum atomic E-state index is -0.0577. The zero-order valence-electron chi connectivity index (χ0n) is 10.4. The molecule has 0 bridgehead atoms. The van der Waals surface area contributed by atoms with Gasteiger partial charge in [0.1, 0.15) is 5.75 Å². The van der Waals surface area contributed by atoms with E-state index in [-0.39, 0.29) is 17.6 Å². The molecule has 2 aromatic rings. The Bertz CT molecular complexity index is 567. The van der Waals surface area contributed by atoms with E-state index >= 15 is 0 Å². The highest BCUT2D eigenvalue weighted by Gasteiger charge is 2.15. The van der Waals surface area contributed by atoms with E-state index in [4.69, 9.17) is 0 Å². The van der Waals surface area contributed by atoms with Crippen LogP contribution in [0, 0.1) is 5.92 Å². The molecule has 17 heavy (non-hydrogen) atoms. The number of aryl methyl sites for hydroxylation is 1. The molecule has 3 heteroatoms. The fourth-order valence-corrected chi connectivity index (χ4v) is 2.03. The number of nitrogens with zero attached hydrogens (tertiary/aromatic N) is 1. The first-order valence-electron chi connectivity index (χ1n) is 5.91. The standard InChI is InChI=1S/C14H17NO2/c1-4-10-8-15(14(17)9(2)3)13-7-11(16)5-6-12(10)13/h5-9,16H,4H2,1-3H3. The lowest BCUT2D eigenvalue weighted by Gasteiger charge is -2.06. The number of hydrogen-bond donors (Lipinski definition) is 1. The molecule has 0 unspecified atom stereocenters. The van der Waals surface area contributed by atoms with Crippen LogP contribution in [0.2, 0.25) is 0 Å². The van der Waals surface area contributed by atoms with E-state index in [0.717, 1.165) is 22.9 Å². The summed E-state index contributed by atoms with van der Waals surface area (Å²) in [6, 6.07) is 5.17. The van der Waals surface area contributed by atoms with Crippen molar-refractivity contribution in [3.8, 4) is 5.75 Å². The fraction of sp³-hybridized carbons (Fsp3) is 0.357. The molecule has 0 aliphatic heterocycles. The Labute approximate surface area is 101 Å². The highest BCUT2D eigenvalue weighted by molar-refractivity contribution is 5.95. The van der Waals surface area contributed by atoms with E-state index in [1.54, 1.807) is 16.7 Å². The van der Waals surface area contributed by atoms with Crippen molar-refractivity contribution in [3.63, 3.8) is 0 Å². The van der Waals surface area contributed by atoms with Gasteiger partial charge in [-0.1, -0.05) is 20.8 Å². The van der Waals surface area contributed by atoms with Crippen LogP contribution in [0.1, 0.15) is 31.1 Å². The number of aromatic nitrogens is 1. The number of fused-ring (bicyclic) bond motifs is 1. The summed E-state index contributed by atoms with van der Waals surface area (Å²) in [4.78, 5) is 12.1. The number of phenolic OH excluding ortho intramolecular Hbond substituents is 1. The van der Waals surface area contributed by atoms with Crippen molar-refractivity contribution in [2.24, 2.45) is 5.92 Å². The van der Waals surface area contributed by atoms with Gasteiger partial charge in [0.2, 0.25) is 5.91 Å². The Morgan fingerprint density at radius 2 is 2.12 bits per heavy atom. The summed E-state index contributed by atoms with van der Waals surface area (Å²) >= 11 is 0. The van der Waals surface area contributed by atoms with Gasteiger partial charge in [0.25, 0.3) is 0 Å². The van der Waals surface area contributed by atoms with E-state index in [2.05, 4.69) is 6.92 Å². The Morgan fingerprint density at radius 3 is 2.71 bits per heavy atom. The van der Waals surface area contributed by atoms with Crippen LogP contribution >= 0.6 is 0 Å². The molecule has 1 aromatic carbocycles. The van der Waals surface area contributed by atoms with Gasteiger partial charge in [-0.15, -0.1) is 0 Å². The van der Waals surface area contributed by atoms with Crippen LogP contribution in [-0.2, 0) is 6.42 Å². The summed E-state index contributed by atoms with van der Waals surface area (Å²) < 4.78 is 1.65. The molecule has 0 fully saturated rings. The SMILES string of the molecule is CCc1cn(C(=O)C(C)C)c2cc(O)ccc12. The third-order valence-corrected chi connectivity index (χ3v) is 2.98. The summed E-state index contributed by atoms with van der Waals surface area (Å²) in [5, 5.41) is 10.6. The second-order valence-corrected chi connectivity index (χ2v) is 4.57. The molecule has 0 spiro atoms. The van der Waals surface area contributed by atoms with Gasteiger partial charge >= 0.3 is 0 Å². The smallest absolute Gasteiger partial charge is 0.233 e. The molecule has 0 atom stereocenters. The Morgan fingerprint density at radius 1 is 1.41 bits per heavy atom. The molecule has 0 radical (unpaired) electrons. The number of benzene rings is 1. The highest BCUT2D eigenvalue weighted by Crippen LogP contribution is 2.26. The average Bonchev–Trinajstić information content (AvgIpc) is 2.65. The minimum Gasteiger partial charge on any atom is -0.508 e. The molecule has 0 saturated heterocycles. The molecule has 1 aromatic heterocycles. The molecule has 1 N–H and O–H groups in total. The number of carbonyl (C=O) groups is 1. The zero-order valence-corrected chi connectivity index (χ0v) is 10.4. The van der Waals surface area contributed by atoms with Gasteiger partial charge in [-0.2, -0.15) is 0 Å². The topological polar surface area (TPSA) is 42.2 Å². The van der Waals surface area contributed by atoms with Crippen molar-refractivity contribution >= 4 is 16.8 Å². The van der Waals surface area contributed by atoms with Gasteiger partial charge < -0.3 is 5.11 Å². The van der Waals surface area contributed by atoms with Crippen LogP contribution in [0.3, 0.4) is 0 Å². The third kappa shape index (κ3) is 1.93. The molecule has 0 aliphatic rings. The maximum absolute atomic E-state index is 12.1. The van der Waals surface area contributed by atoms with Crippen molar-refractivity contribution in [2.45, 2.75) is 27.2 Å². The molecular formula is C14H17NO2. The predicted octanol–water partition coefficient (Wildman–Crippen LogP) is 3.21. The third-order valence-electron chi connectivity index (χ3n) is 2.98. The maximum atomic E-state index is 12.1. The number of phenols is 1. The molecular weight excluding hydrogens is 214 g/mol. The molecule has 1 heterocycles. The second-order valence-electron chi connectivity index (χ2n) is 4.57. The van der Waals surface area contributed by atoms with Crippen molar-refractivity contribution in [1.29, 1.82) is 0 Å². The number of hydrogen-bond acceptors (Lipinski definition) is 2. The quantitative estimate of drug-likeness (QED) is 0.862. The summed E-state index contributed by atoms with van der Waals surface area (Å²) in [6.45, 7) is 5.82. The second kappa shape index (κ2) is 4.24. The molecule has 0 saturated carbocycles. The van der Waals surface area contributed by atoms with E-state index in [9.17, 15) is 9.90 Å². The van der Waals surface area contributed by atoms with Gasteiger partial charge in [0.15, 0.2) is 0 Å². The summed E-state index contributed by atoms with van der Waals surface area (Å²) in [5.74, 6) is 0.189. The van der Waals surface area contributed by atoms with E-state index in [0.29, 0.717) is 0 Å². The lowest BCUT2D eigenvalue weighted by molar-refractivity contribution is 0.0860. The Kier molecular flexibility index (Phi) is 2.92. The average molecular weight is 231 g/mol. The molecule has 0 aliphatic carbocycles. The van der Waals surface area contributed by atoms with Crippen molar-refractivity contribution in [3.05, 3.63) is 30.0 Å². The van der Waals surface area contributed by atoms with Crippen LogP contribution in [0.5, 0.6) is 5.75 Å². The maximum Gasteiger partial charge on any atom is 0.233 e. The van der Waals surface area contributed by atoms with E-state index in [1.807, 2.05) is 26.1 Å². The van der Waals surface area contributed by atoms with Gasteiger partial charge in [-0.3, -0.25) is 9.36 Å². The lowest BCUT2D eigenvalue weighted by atomic mass is 10.1. The molecule has 0 amide bonds. The molecule has 3 nitrogen and oxygen atoms in total.